The standard InChI is InChI=1S/C23H23N5O4/c29-21(24-10-9-20-26-25-19-6-2-1-3-11-27(19)20)15-7-8-17-18(13-15)23(31)28(22(17)30)14-16-5-4-12-32-16/h4-5,7-8,12-13H,1-3,6,9-11,14H2,(H,24,29). The average molecular weight is 433 g/mol. The molecule has 164 valence electrons. The zero-order valence-corrected chi connectivity index (χ0v) is 17.5. The first-order chi connectivity index (χ1) is 15.6. The van der Waals surface area contributed by atoms with Crippen molar-refractivity contribution in [1.29, 1.82) is 0 Å². The second-order valence-electron chi connectivity index (χ2n) is 8.04. The molecule has 0 atom stereocenters. The van der Waals surface area contributed by atoms with Gasteiger partial charge in [0.1, 0.15) is 17.4 Å². The van der Waals surface area contributed by atoms with Gasteiger partial charge in [-0.2, -0.15) is 0 Å². The Morgan fingerprint density at radius 1 is 1.06 bits per heavy atom. The van der Waals surface area contributed by atoms with E-state index in [1.165, 1.54) is 24.8 Å². The van der Waals surface area contributed by atoms with E-state index in [0.29, 0.717) is 29.9 Å². The van der Waals surface area contributed by atoms with Crippen molar-refractivity contribution in [3.63, 3.8) is 0 Å². The molecule has 3 amide bonds. The van der Waals surface area contributed by atoms with Crippen LogP contribution in [0.1, 0.15) is 67.7 Å². The molecule has 0 unspecified atom stereocenters. The van der Waals surface area contributed by atoms with Crippen LogP contribution in [0.25, 0.3) is 0 Å². The molecule has 1 N–H and O–H groups in total. The second kappa shape index (κ2) is 8.41. The van der Waals surface area contributed by atoms with Crippen LogP contribution in [0.2, 0.25) is 0 Å². The quantitative estimate of drug-likeness (QED) is 0.598. The van der Waals surface area contributed by atoms with E-state index in [9.17, 15) is 14.4 Å². The molecule has 2 aliphatic heterocycles. The summed E-state index contributed by atoms with van der Waals surface area (Å²) in [6, 6.07) is 7.99. The van der Waals surface area contributed by atoms with Gasteiger partial charge in [0.2, 0.25) is 0 Å². The van der Waals surface area contributed by atoms with E-state index in [-0.39, 0.29) is 23.9 Å². The Morgan fingerprint density at radius 3 is 2.78 bits per heavy atom. The number of hydrogen-bond donors (Lipinski definition) is 1. The minimum Gasteiger partial charge on any atom is -0.467 e. The third-order valence-corrected chi connectivity index (χ3v) is 5.95. The number of nitrogens with zero attached hydrogens (tertiary/aromatic N) is 4. The maximum atomic E-state index is 12.8. The summed E-state index contributed by atoms with van der Waals surface area (Å²) in [6.45, 7) is 1.39. The van der Waals surface area contributed by atoms with Crippen LogP contribution >= 0.6 is 0 Å². The number of benzene rings is 1. The molecular formula is C23H23N5O4. The fraction of sp³-hybridized carbons (Fsp3) is 0.348. The number of rotatable bonds is 6. The highest BCUT2D eigenvalue weighted by Gasteiger charge is 2.36. The van der Waals surface area contributed by atoms with Gasteiger partial charge in [-0.1, -0.05) is 6.42 Å². The summed E-state index contributed by atoms with van der Waals surface area (Å²) in [5, 5.41) is 11.4. The van der Waals surface area contributed by atoms with Crippen molar-refractivity contribution in [2.75, 3.05) is 6.54 Å². The Bertz CT molecular complexity index is 1180. The number of carbonyl (C=O) groups excluding carboxylic acids is 3. The topological polar surface area (TPSA) is 110 Å². The summed E-state index contributed by atoms with van der Waals surface area (Å²) in [4.78, 5) is 39.2. The summed E-state index contributed by atoms with van der Waals surface area (Å²) in [6.07, 6.45) is 6.46. The van der Waals surface area contributed by atoms with Crippen LogP contribution in [0.4, 0.5) is 0 Å². The van der Waals surface area contributed by atoms with Crippen molar-refractivity contribution >= 4 is 17.7 Å². The van der Waals surface area contributed by atoms with Gasteiger partial charge in [0.15, 0.2) is 0 Å². The fourth-order valence-corrected chi connectivity index (χ4v) is 4.25. The molecule has 2 aromatic heterocycles. The first kappa shape index (κ1) is 20.2. The van der Waals surface area contributed by atoms with Crippen molar-refractivity contribution in [2.45, 2.75) is 45.2 Å². The molecule has 9 heteroatoms. The second-order valence-corrected chi connectivity index (χ2v) is 8.04. The van der Waals surface area contributed by atoms with Crippen LogP contribution in [-0.4, -0.2) is 43.9 Å². The van der Waals surface area contributed by atoms with E-state index in [4.69, 9.17) is 4.42 Å². The molecule has 0 radical (unpaired) electrons. The number of fused-ring (bicyclic) bond motifs is 2. The van der Waals surface area contributed by atoms with Crippen LogP contribution in [0.15, 0.2) is 41.0 Å². The zero-order chi connectivity index (χ0) is 22.1. The van der Waals surface area contributed by atoms with Gasteiger partial charge in [-0.15, -0.1) is 10.2 Å². The fourth-order valence-electron chi connectivity index (χ4n) is 4.25. The summed E-state index contributed by atoms with van der Waals surface area (Å²) >= 11 is 0. The van der Waals surface area contributed by atoms with E-state index in [1.54, 1.807) is 18.2 Å². The Labute approximate surface area is 184 Å². The molecule has 0 spiro atoms. The number of aryl methyl sites for hydroxylation is 1. The first-order valence-corrected chi connectivity index (χ1v) is 10.8. The van der Waals surface area contributed by atoms with Gasteiger partial charge in [0.25, 0.3) is 17.7 Å². The van der Waals surface area contributed by atoms with E-state index in [0.717, 1.165) is 42.4 Å². The normalized spacial score (nSPS) is 15.4. The number of furan rings is 1. The van der Waals surface area contributed by atoms with Gasteiger partial charge in [-0.05, 0) is 43.2 Å². The van der Waals surface area contributed by atoms with E-state index >= 15 is 0 Å². The lowest BCUT2D eigenvalue weighted by Crippen LogP contribution is -2.29. The monoisotopic (exact) mass is 433 g/mol. The van der Waals surface area contributed by atoms with Crippen molar-refractivity contribution < 1.29 is 18.8 Å². The van der Waals surface area contributed by atoms with Gasteiger partial charge in [0, 0.05) is 31.5 Å². The number of imide groups is 1. The van der Waals surface area contributed by atoms with Crippen LogP contribution in [0.3, 0.4) is 0 Å². The van der Waals surface area contributed by atoms with Gasteiger partial charge >= 0.3 is 0 Å². The summed E-state index contributed by atoms with van der Waals surface area (Å²) in [7, 11) is 0. The lowest BCUT2D eigenvalue weighted by atomic mass is 10.1. The Balaban J connectivity index is 1.24. The molecule has 0 saturated heterocycles. The highest BCUT2D eigenvalue weighted by Crippen LogP contribution is 2.26. The minimum atomic E-state index is -0.429. The molecule has 32 heavy (non-hydrogen) atoms. The molecule has 9 nitrogen and oxygen atoms in total. The Morgan fingerprint density at radius 2 is 1.94 bits per heavy atom. The molecule has 0 fully saturated rings. The molecule has 3 aromatic rings. The molecule has 0 saturated carbocycles. The lowest BCUT2D eigenvalue weighted by molar-refractivity contribution is 0.0631. The van der Waals surface area contributed by atoms with Crippen molar-refractivity contribution in [3.8, 4) is 0 Å². The van der Waals surface area contributed by atoms with E-state index in [1.807, 2.05) is 0 Å². The predicted octanol–water partition coefficient (Wildman–Crippen LogP) is 2.37. The van der Waals surface area contributed by atoms with Crippen molar-refractivity contribution in [1.82, 2.24) is 25.0 Å². The van der Waals surface area contributed by atoms with Crippen molar-refractivity contribution in [3.05, 3.63) is 70.7 Å². The highest BCUT2D eigenvalue weighted by atomic mass is 16.3. The van der Waals surface area contributed by atoms with Gasteiger partial charge in [-0.3, -0.25) is 19.3 Å². The average Bonchev–Trinajstić information content (AvgIpc) is 3.46. The van der Waals surface area contributed by atoms with Crippen LogP contribution in [0.5, 0.6) is 0 Å². The smallest absolute Gasteiger partial charge is 0.261 e. The van der Waals surface area contributed by atoms with Crippen molar-refractivity contribution in [2.24, 2.45) is 0 Å². The summed E-state index contributed by atoms with van der Waals surface area (Å²) < 4.78 is 7.41. The molecular weight excluding hydrogens is 410 g/mol. The number of hydrogen-bond acceptors (Lipinski definition) is 6. The minimum absolute atomic E-state index is 0.0591. The predicted molar refractivity (Wildman–Crippen MR) is 113 cm³/mol. The largest absolute Gasteiger partial charge is 0.467 e. The molecule has 2 aliphatic rings. The number of amides is 3. The molecule has 0 bridgehead atoms. The van der Waals surface area contributed by atoms with Gasteiger partial charge in [-0.25, -0.2) is 0 Å². The Hall–Kier alpha value is -3.75. The van der Waals surface area contributed by atoms with E-state index in [2.05, 4.69) is 20.1 Å². The number of nitrogens with one attached hydrogen (secondary N) is 1. The number of aromatic nitrogens is 3. The van der Waals surface area contributed by atoms with Gasteiger partial charge < -0.3 is 14.3 Å². The third-order valence-electron chi connectivity index (χ3n) is 5.95. The highest BCUT2D eigenvalue weighted by molar-refractivity contribution is 6.22. The van der Waals surface area contributed by atoms with Gasteiger partial charge in [0.05, 0.1) is 23.9 Å². The first-order valence-electron chi connectivity index (χ1n) is 10.8. The molecule has 5 rings (SSSR count). The molecule has 0 aliphatic carbocycles. The maximum Gasteiger partial charge on any atom is 0.261 e. The molecule has 1 aromatic carbocycles. The van der Waals surface area contributed by atoms with Crippen LogP contribution in [-0.2, 0) is 25.9 Å². The van der Waals surface area contributed by atoms with E-state index < -0.39 is 5.91 Å². The van der Waals surface area contributed by atoms with Crippen LogP contribution < -0.4 is 5.32 Å². The number of carbonyl (C=O) groups is 3. The summed E-state index contributed by atoms with van der Waals surface area (Å²) in [5.74, 6) is 1.30. The maximum absolute atomic E-state index is 12.8. The SMILES string of the molecule is O=C(NCCc1nnc2n1CCCCC2)c1ccc2c(c1)C(=O)N(Cc1ccco1)C2=O. The lowest BCUT2D eigenvalue weighted by Gasteiger charge is -2.11. The van der Waals surface area contributed by atoms with Crippen LogP contribution in [0, 0.1) is 0 Å². The summed E-state index contributed by atoms with van der Waals surface area (Å²) in [5.41, 5.74) is 0.867. The molecule has 4 heterocycles. The zero-order valence-electron chi connectivity index (χ0n) is 17.5. The Kier molecular flexibility index (Phi) is 5.30. The third kappa shape index (κ3) is 3.70.